The number of amides is 2. The van der Waals surface area contributed by atoms with E-state index in [1.807, 2.05) is 0 Å². The van der Waals surface area contributed by atoms with E-state index >= 15 is 0 Å². The van der Waals surface area contributed by atoms with E-state index in [1.54, 1.807) is 20.8 Å². The molecule has 1 saturated carbocycles. The molecule has 1 fully saturated rings. The number of nitrogens with zero attached hydrogens (tertiary/aromatic N) is 1. The summed E-state index contributed by atoms with van der Waals surface area (Å²) in [6, 6.07) is 5.37. The number of nitro groups is 1. The smallest absolute Gasteiger partial charge is 0.309 e. The maximum Gasteiger partial charge on any atom is 0.309 e. The summed E-state index contributed by atoms with van der Waals surface area (Å²) >= 11 is 0. The minimum Gasteiger partial charge on any atom is -0.481 e. The Bertz CT molecular complexity index is 776. The van der Waals surface area contributed by atoms with E-state index in [9.17, 15) is 29.6 Å². The van der Waals surface area contributed by atoms with Gasteiger partial charge in [0.25, 0.3) is 11.6 Å². The third-order valence-electron chi connectivity index (χ3n) is 5.66. The lowest BCUT2D eigenvalue weighted by Crippen LogP contribution is -2.49. The third kappa shape index (κ3) is 3.12. The topological polar surface area (TPSA) is 139 Å². The van der Waals surface area contributed by atoms with Crippen molar-refractivity contribution < 1.29 is 24.4 Å². The molecular weight excluding hydrogens is 342 g/mol. The first kappa shape index (κ1) is 19.4. The zero-order valence-electron chi connectivity index (χ0n) is 14.7. The summed E-state index contributed by atoms with van der Waals surface area (Å²) in [6.45, 7) is 5.03. The van der Waals surface area contributed by atoms with Gasteiger partial charge in [-0.05, 0) is 31.2 Å². The second kappa shape index (κ2) is 6.74. The van der Waals surface area contributed by atoms with E-state index in [2.05, 4.69) is 10.9 Å². The standard InChI is InChI=1S/C17H21N3O6/c1-16(2)11(8-9-17(16,3)15(23)24)14(22)19-18-13(21)10-6-4-5-7-12(10)20(25)26/h4-7,11H,8-9H2,1-3H3,(H,18,21)(H,19,22)(H,23,24)/t11-,17+/m0/s1. The molecule has 2 atom stereocenters. The number of nitro benzene ring substituents is 1. The maximum absolute atomic E-state index is 12.5. The SMILES string of the molecule is CC1(C)[C@H](C(=O)NNC(=O)c2ccccc2[N+](=O)[O-])CC[C@]1(C)C(=O)O. The Morgan fingerprint density at radius 1 is 1.19 bits per heavy atom. The van der Waals surface area contributed by atoms with Crippen LogP contribution in [0.2, 0.25) is 0 Å². The molecule has 0 unspecified atom stereocenters. The molecule has 9 heteroatoms. The van der Waals surface area contributed by atoms with Crippen molar-refractivity contribution in [3.8, 4) is 0 Å². The maximum atomic E-state index is 12.5. The number of carbonyl (C=O) groups excluding carboxylic acids is 2. The van der Waals surface area contributed by atoms with Gasteiger partial charge in [-0.15, -0.1) is 0 Å². The molecule has 26 heavy (non-hydrogen) atoms. The highest BCUT2D eigenvalue weighted by Crippen LogP contribution is 2.56. The van der Waals surface area contributed by atoms with Crippen molar-refractivity contribution >= 4 is 23.5 Å². The molecule has 140 valence electrons. The molecule has 9 nitrogen and oxygen atoms in total. The number of rotatable bonds is 4. The summed E-state index contributed by atoms with van der Waals surface area (Å²) in [6.07, 6.45) is 0.703. The van der Waals surface area contributed by atoms with Crippen LogP contribution in [-0.2, 0) is 9.59 Å². The Balaban J connectivity index is 2.09. The minimum atomic E-state index is -1.06. The van der Waals surface area contributed by atoms with Gasteiger partial charge < -0.3 is 5.11 Å². The first-order valence-corrected chi connectivity index (χ1v) is 8.09. The molecule has 1 aliphatic rings. The van der Waals surface area contributed by atoms with Crippen molar-refractivity contribution in [3.63, 3.8) is 0 Å². The summed E-state index contributed by atoms with van der Waals surface area (Å²) in [5.74, 6) is -2.93. The second-order valence-corrected chi connectivity index (χ2v) is 7.17. The molecule has 0 aliphatic heterocycles. The highest BCUT2D eigenvalue weighted by Gasteiger charge is 2.58. The molecule has 0 aromatic heterocycles. The first-order valence-electron chi connectivity index (χ1n) is 8.09. The summed E-state index contributed by atoms with van der Waals surface area (Å²) in [4.78, 5) is 46.5. The fourth-order valence-electron chi connectivity index (χ4n) is 3.44. The lowest BCUT2D eigenvalue weighted by atomic mass is 9.65. The van der Waals surface area contributed by atoms with Gasteiger partial charge in [-0.2, -0.15) is 0 Å². The highest BCUT2D eigenvalue weighted by molar-refractivity contribution is 5.99. The number of nitrogens with one attached hydrogen (secondary N) is 2. The zero-order valence-corrected chi connectivity index (χ0v) is 14.7. The number of carbonyl (C=O) groups is 3. The van der Waals surface area contributed by atoms with Crippen molar-refractivity contribution in [2.45, 2.75) is 33.6 Å². The second-order valence-electron chi connectivity index (χ2n) is 7.17. The summed E-state index contributed by atoms with van der Waals surface area (Å²) < 4.78 is 0. The molecule has 1 aromatic rings. The van der Waals surface area contributed by atoms with Crippen molar-refractivity contribution in [3.05, 3.63) is 39.9 Å². The van der Waals surface area contributed by atoms with Gasteiger partial charge in [0.2, 0.25) is 5.91 Å². The first-order chi connectivity index (χ1) is 12.0. The number of carboxylic acid groups (broad SMARTS) is 1. The molecule has 2 rings (SSSR count). The van der Waals surface area contributed by atoms with Gasteiger partial charge in [0.1, 0.15) is 5.56 Å². The average molecular weight is 363 g/mol. The van der Waals surface area contributed by atoms with E-state index in [0.29, 0.717) is 12.8 Å². The van der Waals surface area contributed by atoms with Crippen LogP contribution in [0.1, 0.15) is 44.0 Å². The van der Waals surface area contributed by atoms with Gasteiger partial charge in [-0.25, -0.2) is 0 Å². The van der Waals surface area contributed by atoms with Crippen LogP contribution < -0.4 is 10.9 Å². The van der Waals surface area contributed by atoms with Crippen LogP contribution in [0.15, 0.2) is 24.3 Å². The lowest BCUT2D eigenvalue weighted by Gasteiger charge is -2.37. The predicted octanol–water partition coefficient (Wildman–Crippen LogP) is 1.88. The monoisotopic (exact) mass is 363 g/mol. The number of aliphatic carboxylic acids is 1. The van der Waals surface area contributed by atoms with Crippen LogP contribution in [0, 0.1) is 26.9 Å². The molecule has 0 heterocycles. The Morgan fingerprint density at radius 3 is 2.35 bits per heavy atom. The molecular formula is C17H21N3O6. The van der Waals surface area contributed by atoms with Gasteiger partial charge in [0.05, 0.1) is 10.3 Å². The Hall–Kier alpha value is -2.97. The van der Waals surface area contributed by atoms with Gasteiger partial charge in [0, 0.05) is 12.0 Å². The molecule has 0 bridgehead atoms. The molecule has 1 aliphatic carbocycles. The van der Waals surface area contributed by atoms with E-state index < -0.39 is 39.5 Å². The number of hydrogen-bond donors (Lipinski definition) is 3. The van der Waals surface area contributed by atoms with Crippen LogP contribution >= 0.6 is 0 Å². The number of para-hydroxylation sites is 1. The van der Waals surface area contributed by atoms with Crippen LogP contribution in [0.5, 0.6) is 0 Å². The minimum absolute atomic E-state index is 0.182. The predicted molar refractivity (Wildman–Crippen MR) is 91.0 cm³/mol. The fraction of sp³-hybridized carbons (Fsp3) is 0.471. The van der Waals surface area contributed by atoms with Crippen molar-refractivity contribution in [1.82, 2.24) is 10.9 Å². The van der Waals surface area contributed by atoms with E-state index in [4.69, 9.17) is 0 Å². The average Bonchev–Trinajstić information content (AvgIpc) is 2.83. The highest BCUT2D eigenvalue weighted by atomic mass is 16.6. The molecule has 2 amide bonds. The van der Waals surface area contributed by atoms with Crippen LogP contribution in [0.25, 0.3) is 0 Å². The third-order valence-corrected chi connectivity index (χ3v) is 5.66. The molecule has 1 aromatic carbocycles. The van der Waals surface area contributed by atoms with Crippen LogP contribution in [0.4, 0.5) is 5.69 Å². The number of benzene rings is 1. The van der Waals surface area contributed by atoms with Gasteiger partial charge in [-0.1, -0.05) is 26.0 Å². The van der Waals surface area contributed by atoms with E-state index in [-0.39, 0.29) is 11.3 Å². The van der Waals surface area contributed by atoms with Crippen LogP contribution in [-0.4, -0.2) is 27.8 Å². The Kier molecular flexibility index (Phi) is 5.02. The van der Waals surface area contributed by atoms with Crippen molar-refractivity contribution in [2.75, 3.05) is 0 Å². The van der Waals surface area contributed by atoms with Gasteiger partial charge in [-0.3, -0.25) is 35.3 Å². The largest absolute Gasteiger partial charge is 0.481 e. The number of hydrogen-bond acceptors (Lipinski definition) is 5. The number of hydrazine groups is 1. The van der Waals surface area contributed by atoms with Crippen molar-refractivity contribution in [2.24, 2.45) is 16.7 Å². The van der Waals surface area contributed by atoms with Gasteiger partial charge in [0.15, 0.2) is 0 Å². The number of carboxylic acids is 1. The van der Waals surface area contributed by atoms with Crippen molar-refractivity contribution in [1.29, 1.82) is 0 Å². The lowest BCUT2D eigenvalue weighted by molar-refractivity contribution is -0.385. The van der Waals surface area contributed by atoms with Crippen LogP contribution in [0.3, 0.4) is 0 Å². The molecule has 0 saturated heterocycles. The molecule has 3 N–H and O–H groups in total. The summed E-state index contributed by atoms with van der Waals surface area (Å²) in [7, 11) is 0. The summed E-state index contributed by atoms with van der Waals surface area (Å²) in [5, 5.41) is 20.5. The fourth-order valence-corrected chi connectivity index (χ4v) is 3.44. The van der Waals surface area contributed by atoms with E-state index in [1.165, 1.54) is 24.3 Å². The Labute approximate surface area is 149 Å². The van der Waals surface area contributed by atoms with Gasteiger partial charge >= 0.3 is 5.97 Å². The molecule has 0 radical (unpaired) electrons. The van der Waals surface area contributed by atoms with E-state index in [0.717, 1.165) is 0 Å². The Morgan fingerprint density at radius 2 is 1.81 bits per heavy atom. The quantitative estimate of drug-likeness (QED) is 0.551. The normalized spacial score (nSPS) is 23.9. The molecule has 0 spiro atoms. The summed E-state index contributed by atoms with van der Waals surface area (Å²) in [5.41, 5.74) is 2.00. The zero-order chi connectivity index (χ0) is 19.7.